The lowest BCUT2D eigenvalue weighted by molar-refractivity contribution is -0.121. The molecule has 20 heavy (non-hydrogen) atoms. The molecular weight excluding hydrogens is 270 g/mol. The SMILES string of the molecule is O=C1CN(C(=O)c2cccc(OC(F)F)c2)CCCN1. The van der Waals surface area contributed by atoms with Gasteiger partial charge < -0.3 is 15.0 Å². The summed E-state index contributed by atoms with van der Waals surface area (Å²) in [4.78, 5) is 25.0. The number of rotatable bonds is 3. The molecule has 1 aliphatic heterocycles. The van der Waals surface area contributed by atoms with Crippen LogP contribution in [0.15, 0.2) is 24.3 Å². The molecule has 0 aromatic heterocycles. The van der Waals surface area contributed by atoms with Crippen molar-refractivity contribution in [2.75, 3.05) is 19.6 Å². The second-order valence-electron chi connectivity index (χ2n) is 4.34. The highest BCUT2D eigenvalue weighted by molar-refractivity contribution is 5.97. The summed E-state index contributed by atoms with van der Waals surface area (Å²) in [7, 11) is 0. The molecule has 1 fully saturated rings. The van der Waals surface area contributed by atoms with E-state index in [1.807, 2.05) is 0 Å². The van der Waals surface area contributed by atoms with Gasteiger partial charge >= 0.3 is 6.61 Å². The summed E-state index contributed by atoms with van der Waals surface area (Å²) < 4.78 is 28.5. The summed E-state index contributed by atoms with van der Waals surface area (Å²) in [5, 5.41) is 2.66. The van der Waals surface area contributed by atoms with E-state index in [2.05, 4.69) is 10.1 Å². The molecule has 2 amide bonds. The third kappa shape index (κ3) is 3.66. The molecule has 1 N–H and O–H groups in total. The van der Waals surface area contributed by atoms with Crippen LogP contribution in [-0.4, -0.2) is 43.0 Å². The van der Waals surface area contributed by atoms with Crippen LogP contribution in [0, 0.1) is 0 Å². The quantitative estimate of drug-likeness (QED) is 0.908. The first-order chi connectivity index (χ1) is 9.56. The fourth-order valence-electron chi connectivity index (χ4n) is 1.97. The van der Waals surface area contributed by atoms with E-state index in [-0.39, 0.29) is 29.7 Å². The second kappa shape index (κ2) is 6.31. The molecule has 0 radical (unpaired) electrons. The smallest absolute Gasteiger partial charge is 0.387 e. The number of hydrogen-bond donors (Lipinski definition) is 1. The van der Waals surface area contributed by atoms with E-state index < -0.39 is 6.61 Å². The number of carbonyl (C=O) groups excluding carboxylic acids is 2. The standard InChI is InChI=1S/C13H14F2N2O3/c14-13(15)20-10-4-1-3-9(7-10)12(19)17-6-2-5-16-11(18)8-17/h1,3-4,7,13H,2,5-6,8H2,(H,16,18). The van der Waals surface area contributed by atoms with Crippen LogP contribution >= 0.6 is 0 Å². The minimum absolute atomic E-state index is 0.0290. The average molecular weight is 284 g/mol. The lowest BCUT2D eigenvalue weighted by Gasteiger charge is -2.19. The lowest BCUT2D eigenvalue weighted by atomic mass is 10.2. The van der Waals surface area contributed by atoms with E-state index in [1.165, 1.54) is 29.2 Å². The Balaban J connectivity index is 2.13. The van der Waals surface area contributed by atoms with Gasteiger partial charge in [0.15, 0.2) is 0 Å². The van der Waals surface area contributed by atoms with E-state index in [4.69, 9.17) is 0 Å². The summed E-state index contributed by atoms with van der Waals surface area (Å²) in [5.41, 5.74) is 0.220. The van der Waals surface area contributed by atoms with Crippen LogP contribution in [0.5, 0.6) is 5.75 Å². The molecule has 0 unspecified atom stereocenters. The summed E-state index contributed by atoms with van der Waals surface area (Å²) in [6.07, 6.45) is 0.657. The molecule has 0 aliphatic carbocycles. The highest BCUT2D eigenvalue weighted by Gasteiger charge is 2.21. The van der Waals surface area contributed by atoms with Crippen molar-refractivity contribution in [3.05, 3.63) is 29.8 Å². The average Bonchev–Trinajstić information content (AvgIpc) is 2.62. The fraction of sp³-hybridized carbons (Fsp3) is 0.385. The Morgan fingerprint density at radius 1 is 1.40 bits per heavy atom. The summed E-state index contributed by atoms with van der Waals surface area (Å²) >= 11 is 0. The van der Waals surface area contributed by atoms with Gasteiger partial charge in [0, 0.05) is 18.7 Å². The molecule has 0 saturated carbocycles. The molecule has 5 nitrogen and oxygen atoms in total. The predicted molar refractivity (Wildman–Crippen MR) is 66.6 cm³/mol. The molecule has 2 rings (SSSR count). The Hall–Kier alpha value is -2.18. The van der Waals surface area contributed by atoms with E-state index in [1.54, 1.807) is 0 Å². The number of hydrogen-bond acceptors (Lipinski definition) is 3. The number of carbonyl (C=O) groups is 2. The van der Waals surface area contributed by atoms with Crippen molar-refractivity contribution in [2.24, 2.45) is 0 Å². The van der Waals surface area contributed by atoms with E-state index in [0.29, 0.717) is 19.5 Å². The summed E-state index contributed by atoms with van der Waals surface area (Å²) in [6, 6.07) is 5.56. The Kier molecular flexibility index (Phi) is 4.49. The third-order valence-corrected chi connectivity index (χ3v) is 2.85. The van der Waals surface area contributed by atoms with Crippen LogP contribution in [0.2, 0.25) is 0 Å². The number of amides is 2. The molecule has 1 aromatic rings. The minimum Gasteiger partial charge on any atom is -0.435 e. The van der Waals surface area contributed by atoms with Gasteiger partial charge in [-0.15, -0.1) is 0 Å². The summed E-state index contributed by atoms with van der Waals surface area (Å²) in [5.74, 6) is -0.678. The number of ether oxygens (including phenoxy) is 1. The normalized spacial score (nSPS) is 15.8. The van der Waals surface area contributed by atoms with Crippen LogP contribution in [0.25, 0.3) is 0 Å². The minimum atomic E-state index is -2.94. The van der Waals surface area contributed by atoms with Crippen molar-refractivity contribution in [1.82, 2.24) is 10.2 Å². The molecule has 7 heteroatoms. The maximum Gasteiger partial charge on any atom is 0.387 e. The van der Waals surface area contributed by atoms with E-state index >= 15 is 0 Å². The zero-order valence-corrected chi connectivity index (χ0v) is 10.6. The van der Waals surface area contributed by atoms with Crippen LogP contribution in [0.1, 0.15) is 16.8 Å². The van der Waals surface area contributed by atoms with Crippen LogP contribution in [0.3, 0.4) is 0 Å². The molecule has 1 heterocycles. The number of alkyl halides is 2. The van der Waals surface area contributed by atoms with Gasteiger partial charge in [0.05, 0.1) is 6.54 Å². The van der Waals surface area contributed by atoms with Crippen molar-refractivity contribution in [3.8, 4) is 5.75 Å². The Bertz CT molecular complexity index is 508. The number of nitrogens with zero attached hydrogens (tertiary/aromatic N) is 1. The molecule has 0 atom stereocenters. The number of nitrogens with one attached hydrogen (secondary N) is 1. The second-order valence-corrected chi connectivity index (χ2v) is 4.34. The van der Waals surface area contributed by atoms with E-state index in [0.717, 1.165) is 0 Å². The van der Waals surface area contributed by atoms with Crippen LogP contribution in [0.4, 0.5) is 8.78 Å². The molecular formula is C13H14F2N2O3. The number of benzene rings is 1. The van der Waals surface area contributed by atoms with Gasteiger partial charge in [-0.3, -0.25) is 9.59 Å². The zero-order chi connectivity index (χ0) is 14.5. The van der Waals surface area contributed by atoms with Crippen LogP contribution < -0.4 is 10.1 Å². The summed E-state index contributed by atoms with van der Waals surface area (Å²) in [6.45, 7) is -2.00. The van der Waals surface area contributed by atoms with Gasteiger partial charge in [-0.2, -0.15) is 8.78 Å². The van der Waals surface area contributed by atoms with Crippen molar-refractivity contribution >= 4 is 11.8 Å². The first-order valence-electron chi connectivity index (χ1n) is 6.17. The van der Waals surface area contributed by atoms with Gasteiger partial charge in [-0.05, 0) is 24.6 Å². The van der Waals surface area contributed by atoms with Crippen molar-refractivity contribution < 1.29 is 23.1 Å². The topological polar surface area (TPSA) is 58.6 Å². The van der Waals surface area contributed by atoms with Crippen LogP contribution in [-0.2, 0) is 4.79 Å². The lowest BCUT2D eigenvalue weighted by Crippen LogP contribution is -2.37. The maximum absolute atomic E-state index is 12.2. The molecule has 0 spiro atoms. The predicted octanol–water partition coefficient (Wildman–Crippen LogP) is 1.25. The first-order valence-corrected chi connectivity index (χ1v) is 6.17. The fourth-order valence-corrected chi connectivity index (χ4v) is 1.97. The molecule has 0 bridgehead atoms. The van der Waals surface area contributed by atoms with Gasteiger partial charge in [0.1, 0.15) is 5.75 Å². The Labute approximate surface area is 114 Å². The Morgan fingerprint density at radius 2 is 2.20 bits per heavy atom. The van der Waals surface area contributed by atoms with Gasteiger partial charge in [0.2, 0.25) is 5.91 Å². The van der Waals surface area contributed by atoms with Gasteiger partial charge in [0.25, 0.3) is 5.91 Å². The van der Waals surface area contributed by atoms with Gasteiger partial charge in [-0.25, -0.2) is 0 Å². The molecule has 108 valence electrons. The monoisotopic (exact) mass is 284 g/mol. The highest BCUT2D eigenvalue weighted by atomic mass is 19.3. The zero-order valence-electron chi connectivity index (χ0n) is 10.6. The van der Waals surface area contributed by atoms with Gasteiger partial charge in [-0.1, -0.05) is 6.07 Å². The number of halogens is 2. The van der Waals surface area contributed by atoms with Crippen molar-refractivity contribution in [3.63, 3.8) is 0 Å². The van der Waals surface area contributed by atoms with Crippen molar-refractivity contribution in [2.45, 2.75) is 13.0 Å². The maximum atomic E-state index is 12.2. The van der Waals surface area contributed by atoms with E-state index in [9.17, 15) is 18.4 Å². The molecule has 1 saturated heterocycles. The molecule has 1 aliphatic rings. The molecule has 1 aromatic carbocycles. The van der Waals surface area contributed by atoms with Crippen molar-refractivity contribution in [1.29, 1.82) is 0 Å². The first kappa shape index (κ1) is 14.2. The third-order valence-electron chi connectivity index (χ3n) is 2.85. The Morgan fingerprint density at radius 3 is 2.95 bits per heavy atom. The largest absolute Gasteiger partial charge is 0.435 e. The highest BCUT2D eigenvalue weighted by Crippen LogP contribution is 2.17.